The Labute approximate surface area is 126 Å². The van der Waals surface area contributed by atoms with Crippen molar-refractivity contribution in [1.82, 2.24) is 15.1 Å². The zero-order valence-corrected chi connectivity index (χ0v) is 12.9. The molecule has 2 atom stereocenters. The Morgan fingerprint density at radius 2 is 1.95 bits per heavy atom. The number of nitrogens with zero attached hydrogens (tertiary/aromatic N) is 2. The minimum Gasteiger partial charge on any atom is -0.481 e. The van der Waals surface area contributed by atoms with Crippen LogP contribution in [0.2, 0.25) is 0 Å². The van der Waals surface area contributed by atoms with Gasteiger partial charge in [-0.05, 0) is 38.8 Å². The van der Waals surface area contributed by atoms with E-state index in [0.717, 1.165) is 32.6 Å². The summed E-state index contributed by atoms with van der Waals surface area (Å²) in [5.41, 5.74) is 0. The zero-order valence-electron chi connectivity index (χ0n) is 12.9. The lowest BCUT2D eigenvalue weighted by atomic mass is 10.1. The molecule has 2 N–H and O–H groups in total. The number of hydrogen-bond acceptors (Lipinski definition) is 3. The van der Waals surface area contributed by atoms with E-state index < -0.39 is 5.97 Å². The Hall–Kier alpha value is -1.30. The average Bonchev–Trinajstić information content (AvgIpc) is 2.97. The molecule has 2 aliphatic rings. The Balaban J connectivity index is 1.79. The number of nitrogens with one attached hydrogen (secondary N) is 1. The molecule has 2 heterocycles. The maximum absolute atomic E-state index is 12.2. The number of carboxylic acids is 1. The van der Waals surface area contributed by atoms with Crippen LogP contribution in [0.5, 0.6) is 0 Å². The number of carbonyl (C=O) groups is 2. The Morgan fingerprint density at radius 3 is 2.57 bits per heavy atom. The van der Waals surface area contributed by atoms with Gasteiger partial charge in [0.15, 0.2) is 0 Å². The molecular weight excluding hydrogens is 270 g/mol. The number of hydrogen-bond donors (Lipinski definition) is 2. The van der Waals surface area contributed by atoms with E-state index in [1.54, 1.807) is 0 Å². The van der Waals surface area contributed by atoms with Crippen molar-refractivity contribution in [3.8, 4) is 0 Å². The lowest BCUT2D eigenvalue weighted by molar-refractivity contribution is -0.137. The van der Waals surface area contributed by atoms with Crippen LogP contribution in [0.1, 0.15) is 45.4 Å². The molecule has 2 aliphatic heterocycles. The summed E-state index contributed by atoms with van der Waals surface area (Å²) in [6.07, 6.45) is 5.51. The third-order valence-electron chi connectivity index (χ3n) is 4.60. The standard InChI is InChI=1S/C15H27N3O3/c1-2-12(10-14(19)20)16-15(21)18-9-6-13(11-18)17-7-4-3-5-8-17/h12-13H,2-11H2,1H3,(H,16,21)(H,19,20). The van der Waals surface area contributed by atoms with Crippen LogP contribution in [0, 0.1) is 0 Å². The number of carbonyl (C=O) groups excluding carboxylic acids is 1. The molecular formula is C15H27N3O3. The lowest BCUT2D eigenvalue weighted by Crippen LogP contribution is -2.46. The van der Waals surface area contributed by atoms with Crippen molar-refractivity contribution in [3.05, 3.63) is 0 Å². The normalized spacial score (nSPS) is 24.8. The van der Waals surface area contributed by atoms with Crippen LogP contribution in [0.15, 0.2) is 0 Å². The molecule has 2 unspecified atom stereocenters. The molecule has 2 fully saturated rings. The van der Waals surface area contributed by atoms with E-state index in [1.807, 2.05) is 11.8 Å². The first kappa shape index (κ1) is 16.1. The van der Waals surface area contributed by atoms with E-state index in [1.165, 1.54) is 19.3 Å². The van der Waals surface area contributed by atoms with Crippen molar-refractivity contribution >= 4 is 12.0 Å². The van der Waals surface area contributed by atoms with Gasteiger partial charge in [0, 0.05) is 25.2 Å². The number of rotatable bonds is 5. The number of likely N-dealkylation sites (tertiary alicyclic amines) is 2. The van der Waals surface area contributed by atoms with Gasteiger partial charge in [-0.1, -0.05) is 13.3 Å². The molecule has 6 nitrogen and oxygen atoms in total. The van der Waals surface area contributed by atoms with Crippen molar-refractivity contribution in [2.45, 2.75) is 57.5 Å². The topological polar surface area (TPSA) is 72.9 Å². The summed E-state index contributed by atoms with van der Waals surface area (Å²) in [7, 11) is 0. The molecule has 0 aromatic carbocycles. The molecule has 0 aromatic heterocycles. The largest absolute Gasteiger partial charge is 0.481 e. The molecule has 0 saturated carbocycles. The first-order chi connectivity index (χ1) is 10.1. The minimum atomic E-state index is -0.866. The van der Waals surface area contributed by atoms with Gasteiger partial charge in [0.2, 0.25) is 0 Å². The fourth-order valence-electron chi connectivity index (χ4n) is 3.28. The quantitative estimate of drug-likeness (QED) is 0.807. The van der Waals surface area contributed by atoms with Crippen LogP contribution in [0.25, 0.3) is 0 Å². The van der Waals surface area contributed by atoms with E-state index in [4.69, 9.17) is 5.11 Å². The van der Waals surface area contributed by atoms with Crippen LogP contribution >= 0.6 is 0 Å². The second kappa shape index (κ2) is 7.64. The summed E-state index contributed by atoms with van der Waals surface area (Å²) >= 11 is 0. The molecule has 0 bridgehead atoms. The third-order valence-corrected chi connectivity index (χ3v) is 4.60. The number of urea groups is 1. The number of amides is 2. The predicted octanol–water partition coefficient (Wildman–Crippen LogP) is 1.51. The summed E-state index contributed by atoms with van der Waals surface area (Å²) in [6.45, 7) is 5.74. The van der Waals surface area contributed by atoms with Crippen molar-refractivity contribution in [2.75, 3.05) is 26.2 Å². The summed E-state index contributed by atoms with van der Waals surface area (Å²) in [6, 6.07) is 0.0993. The number of aliphatic carboxylic acids is 1. The maximum Gasteiger partial charge on any atom is 0.317 e. The zero-order chi connectivity index (χ0) is 15.2. The first-order valence-electron chi connectivity index (χ1n) is 8.11. The lowest BCUT2D eigenvalue weighted by Gasteiger charge is -2.32. The minimum absolute atomic E-state index is 0.00830. The molecule has 21 heavy (non-hydrogen) atoms. The van der Waals surface area contributed by atoms with Gasteiger partial charge in [-0.2, -0.15) is 0 Å². The summed E-state index contributed by atoms with van der Waals surface area (Å²) < 4.78 is 0. The van der Waals surface area contributed by atoms with E-state index in [9.17, 15) is 9.59 Å². The summed E-state index contributed by atoms with van der Waals surface area (Å²) in [4.78, 5) is 27.3. The van der Waals surface area contributed by atoms with Crippen molar-refractivity contribution < 1.29 is 14.7 Å². The Kier molecular flexibility index (Phi) is 5.85. The van der Waals surface area contributed by atoms with Crippen molar-refractivity contribution in [2.24, 2.45) is 0 Å². The molecule has 2 rings (SSSR count). The van der Waals surface area contributed by atoms with Crippen LogP contribution < -0.4 is 5.32 Å². The second-order valence-corrected chi connectivity index (χ2v) is 6.14. The average molecular weight is 297 g/mol. The second-order valence-electron chi connectivity index (χ2n) is 6.14. The van der Waals surface area contributed by atoms with Gasteiger partial charge in [0.25, 0.3) is 0 Å². The van der Waals surface area contributed by atoms with Gasteiger partial charge in [-0.25, -0.2) is 4.79 Å². The van der Waals surface area contributed by atoms with Gasteiger partial charge in [0.05, 0.1) is 6.42 Å². The molecule has 0 aromatic rings. The highest BCUT2D eigenvalue weighted by Gasteiger charge is 2.31. The van der Waals surface area contributed by atoms with Gasteiger partial charge in [0.1, 0.15) is 0 Å². The van der Waals surface area contributed by atoms with Crippen molar-refractivity contribution in [3.63, 3.8) is 0 Å². The summed E-state index contributed by atoms with van der Waals surface area (Å²) in [5.74, 6) is -0.866. The first-order valence-corrected chi connectivity index (χ1v) is 8.11. The molecule has 0 radical (unpaired) electrons. The molecule has 2 amide bonds. The maximum atomic E-state index is 12.2. The van der Waals surface area contributed by atoms with Gasteiger partial charge in [-0.15, -0.1) is 0 Å². The highest BCUT2D eigenvalue weighted by molar-refractivity contribution is 5.76. The highest BCUT2D eigenvalue weighted by Crippen LogP contribution is 2.20. The SMILES string of the molecule is CCC(CC(=O)O)NC(=O)N1CCC(N2CCCCC2)C1. The molecule has 0 spiro atoms. The molecule has 0 aliphatic carbocycles. The van der Waals surface area contributed by atoms with E-state index >= 15 is 0 Å². The van der Waals surface area contributed by atoms with Gasteiger partial charge in [-0.3, -0.25) is 9.69 Å². The number of carboxylic acid groups (broad SMARTS) is 1. The Morgan fingerprint density at radius 1 is 1.24 bits per heavy atom. The van der Waals surface area contributed by atoms with Crippen LogP contribution in [0.3, 0.4) is 0 Å². The van der Waals surface area contributed by atoms with Crippen LogP contribution in [-0.2, 0) is 4.79 Å². The van der Waals surface area contributed by atoms with Gasteiger partial charge < -0.3 is 15.3 Å². The highest BCUT2D eigenvalue weighted by atomic mass is 16.4. The third kappa shape index (κ3) is 4.59. The van der Waals surface area contributed by atoms with E-state index in [0.29, 0.717) is 12.5 Å². The predicted molar refractivity (Wildman–Crippen MR) is 80.3 cm³/mol. The van der Waals surface area contributed by atoms with Gasteiger partial charge >= 0.3 is 12.0 Å². The van der Waals surface area contributed by atoms with E-state index in [-0.39, 0.29) is 18.5 Å². The fraction of sp³-hybridized carbons (Fsp3) is 0.867. The smallest absolute Gasteiger partial charge is 0.317 e. The van der Waals surface area contributed by atoms with Crippen LogP contribution in [0.4, 0.5) is 4.79 Å². The van der Waals surface area contributed by atoms with Crippen molar-refractivity contribution in [1.29, 1.82) is 0 Å². The molecule has 120 valence electrons. The van der Waals surface area contributed by atoms with E-state index in [2.05, 4.69) is 10.2 Å². The fourth-order valence-corrected chi connectivity index (χ4v) is 3.28. The number of piperidine rings is 1. The van der Waals surface area contributed by atoms with Crippen LogP contribution in [-0.4, -0.2) is 65.2 Å². The molecule has 6 heteroatoms. The molecule has 2 saturated heterocycles. The monoisotopic (exact) mass is 297 g/mol. The Bertz CT molecular complexity index is 369. The summed E-state index contributed by atoms with van der Waals surface area (Å²) in [5, 5.41) is 11.7.